The number of ketones is 1. The molecule has 4 aliphatic carbocycles. The number of hydrogen-bond acceptors (Lipinski definition) is 6. The minimum Gasteiger partial charge on any atom is -0.447 e. The molecule has 5 unspecified atom stereocenters. The van der Waals surface area contributed by atoms with Crippen molar-refractivity contribution in [1.29, 1.82) is 0 Å². The second kappa shape index (κ2) is 7.96. The Labute approximate surface area is 208 Å². The lowest BCUT2D eigenvalue weighted by Gasteiger charge is -2.63. The standard InChI is InChI=1S/C26H32F2O6S/c1-13-9-15-16-11-18(27)17-10-14(29)6-7-23(17,2)25(16,28)20(30)12-24(15,3)26(13,22(32)35)34-21(31)19-5-4-8-33-19/h6-7,10,13,15-16,18-20,30H,4-5,8-9,11-12H2,1-3H3,(H,32,35)/t13?,15-,16-,18?,19-,20?,23-,24-,25?,26?/m0/s1. The van der Waals surface area contributed by atoms with Gasteiger partial charge < -0.3 is 14.6 Å². The number of fused-ring (bicyclic) bond motifs is 5. The Morgan fingerprint density at radius 2 is 1.97 bits per heavy atom. The van der Waals surface area contributed by atoms with E-state index in [1.165, 1.54) is 19.1 Å². The van der Waals surface area contributed by atoms with Crippen molar-refractivity contribution in [3.63, 3.8) is 0 Å². The highest BCUT2D eigenvalue weighted by Crippen LogP contribution is 2.71. The second-order valence-corrected chi connectivity index (χ2v) is 11.9. The molecule has 1 heterocycles. The first-order valence-electron chi connectivity index (χ1n) is 12.4. The summed E-state index contributed by atoms with van der Waals surface area (Å²) in [5.41, 5.74) is -6.63. The van der Waals surface area contributed by atoms with Crippen molar-refractivity contribution in [2.45, 2.75) is 82.5 Å². The summed E-state index contributed by atoms with van der Waals surface area (Å²) in [5, 5.41) is 10.8. The van der Waals surface area contributed by atoms with Crippen LogP contribution in [0, 0.1) is 28.6 Å². The molecule has 4 fully saturated rings. The van der Waals surface area contributed by atoms with Crippen molar-refractivity contribution in [3.8, 4) is 0 Å². The number of halogens is 2. The quantitative estimate of drug-likeness (QED) is 0.447. The molecule has 1 aliphatic heterocycles. The Balaban J connectivity index is 1.60. The van der Waals surface area contributed by atoms with Crippen LogP contribution in [0.25, 0.3) is 0 Å². The van der Waals surface area contributed by atoms with Gasteiger partial charge in [-0.3, -0.25) is 9.59 Å². The van der Waals surface area contributed by atoms with Gasteiger partial charge in [-0.15, -0.1) is 12.6 Å². The van der Waals surface area contributed by atoms with Crippen LogP contribution in [0.4, 0.5) is 8.78 Å². The van der Waals surface area contributed by atoms with Crippen molar-refractivity contribution in [3.05, 3.63) is 23.8 Å². The average Bonchev–Trinajstić information content (AvgIpc) is 3.39. The number of alkyl halides is 2. The lowest BCUT2D eigenvalue weighted by molar-refractivity contribution is -0.231. The summed E-state index contributed by atoms with van der Waals surface area (Å²) in [4.78, 5) is 38.2. The van der Waals surface area contributed by atoms with Crippen LogP contribution in [0.3, 0.4) is 0 Å². The molecule has 6 nitrogen and oxygen atoms in total. The van der Waals surface area contributed by atoms with Gasteiger partial charge in [0.05, 0.1) is 6.10 Å². The topological polar surface area (TPSA) is 89.9 Å². The maximum absolute atomic E-state index is 17.3. The minimum absolute atomic E-state index is 0.0405. The molecule has 5 rings (SSSR count). The van der Waals surface area contributed by atoms with Gasteiger partial charge in [0.2, 0.25) is 5.12 Å². The lowest BCUT2D eigenvalue weighted by atomic mass is 9.44. The molecule has 0 aromatic heterocycles. The molecule has 0 aromatic rings. The van der Waals surface area contributed by atoms with Crippen LogP contribution in [-0.4, -0.2) is 58.2 Å². The predicted molar refractivity (Wildman–Crippen MR) is 125 cm³/mol. The maximum Gasteiger partial charge on any atom is 0.336 e. The molecule has 9 heteroatoms. The third-order valence-corrected chi connectivity index (χ3v) is 10.3. The number of rotatable bonds is 3. The molecule has 0 amide bonds. The van der Waals surface area contributed by atoms with E-state index in [0.29, 0.717) is 25.9 Å². The van der Waals surface area contributed by atoms with Gasteiger partial charge in [0, 0.05) is 29.3 Å². The van der Waals surface area contributed by atoms with E-state index in [-0.39, 0.29) is 18.4 Å². The van der Waals surface area contributed by atoms with Gasteiger partial charge in [0.1, 0.15) is 6.17 Å². The molecule has 10 atom stereocenters. The van der Waals surface area contributed by atoms with E-state index < -0.39 is 75.1 Å². The predicted octanol–water partition coefficient (Wildman–Crippen LogP) is 3.47. The first-order valence-corrected chi connectivity index (χ1v) is 12.8. The Morgan fingerprint density at radius 3 is 2.60 bits per heavy atom. The molecular weight excluding hydrogens is 478 g/mol. The molecule has 192 valence electrons. The Kier molecular flexibility index (Phi) is 5.70. The molecule has 1 saturated heterocycles. The Hall–Kier alpha value is -1.58. The highest BCUT2D eigenvalue weighted by Gasteiger charge is 2.78. The fourth-order valence-corrected chi connectivity index (χ4v) is 8.75. The third-order valence-electron chi connectivity index (χ3n) is 9.94. The van der Waals surface area contributed by atoms with Crippen molar-refractivity contribution in [1.82, 2.24) is 0 Å². The summed E-state index contributed by atoms with van der Waals surface area (Å²) in [7, 11) is 0. The maximum atomic E-state index is 17.3. The van der Waals surface area contributed by atoms with E-state index in [2.05, 4.69) is 12.6 Å². The summed E-state index contributed by atoms with van der Waals surface area (Å²) < 4.78 is 44.3. The van der Waals surface area contributed by atoms with Crippen molar-refractivity contribution >= 4 is 29.5 Å². The largest absolute Gasteiger partial charge is 0.447 e. The number of hydrogen-bond donors (Lipinski definition) is 2. The molecule has 1 N–H and O–H groups in total. The zero-order valence-corrected chi connectivity index (χ0v) is 21.0. The third kappa shape index (κ3) is 3.04. The van der Waals surface area contributed by atoms with Crippen LogP contribution in [0.1, 0.15) is 52.9 Å². The zero-order chi connectivity index (χ0) is 25.6. The van der Waals surface area contributed by atoms with Crippen LogP contribution >= 0.6 is 12.6 Å². The summed E-state index contributed by atoms with van der Waals surface area (Å²) in [6, 6.07) is 0. The average molecular weight is 511 g/mol. The molecular formula is C26H32F2O6S. The van der Waals surface area contributed by atoms with Crippen LogP contribution in [0.15, 0.2) is 23.8 Å². The van der Waals surface area contributed by atoms with Crippen LogP contribution < -0.4 is 0 Å². The van der Waals surface area contributed by atoms with Crippen molar-refractivity contribution in [2.24, 2.45) is 28.6 Å². The van der Waals surface area contributed by atoms with E-state index >= 15 is 8.78 Å². The van der Waals surface area contributed by atoms with E-state index in [1.807, 2.05) is 0 Å². The number of aliphatic hydroxyl groups excluding tert-OH is 1. The number of allylic oxidation sites excluding steroid dienone is 4. The van der Waals surface area contributed by atoms with Crippen LogP contribution in [0.2, 0.25) is 0 Å². The van der Waals surface area contributed by atoms with Crippen LogP contribution in [-0.2, 0) is 23.9 Å². The van der Waals surface area contributed by atoms with Crippen LogP contribution in [0.5, 0.6) is 0 Å². The van der Waals surface area contributed by atoms with Gasteiger partial charge in [0.15, 0.2) is 23.2 Å². The molecule has 35 heavy (non-hydrogen) atoms. The second-order valence-electron chi connectivity index (χ2n) is 11.5. The zero-order valence-electron chi connectivity index (χ0n) is 20.1. The van der Waals surface area contributed by atoms with Gasteiger partial charge in [-0.05, 0) is 62.7 Å². The molecule has 3 saturated carbocycles. The normalized spacial score (nSPS) is 50.7. The lowest BCUT2D eigenvalue weighted by Crippen LogP contribution is -2.70. The molecule has 0 radical (unpaired) electrons. The Morgan fingerprint density at radius 1 is 1.26 bits per heavy atom. The molecule has 0 aromatic carbocycles. The van der Waals surface area contributed by atoms with Gasteiger partial charge in [-0.1, -0.05) is 19.9 Å². The summed E-state index contributed by atoms with van der Waals surface area (Å²) >= 11 is 4.15. The number of carbonyl (C=O) groups is 3. The highest BCUT2D eigenvalue weighted by atomic mass is 32.1. The smallest absolute Gasteiger partial charge is 0.336 e. The van der Waals surface area contributed by atoms with Gasteiger partial charge >= 0.3 is 5.97 Å². The van der Waals surface area contributed by atoms with Crippen molar-refractivity contribution < 1.29 is 37.7 Å². The highest BCUT2D eigenvalue weighted by molar-refractivity contribution is 7.96. The number of aliphatic hydroxyl groups is 1. The first kappa shape index (κ1) is 25.1. The summed E-state index contributed by atoms with van der Waals surface area (Å²) in [6.45, 7) is 5.43. The van der Waals surface area contributed by atoms with Gasteiger partial charge in [0.25, 0.3) is 0 Å². The first-order chi connectivity index (χ1) is 16.3. The summed E-state index contributed by atoms with van der Waals surface area (Å²) in [6.07, 6.45) is 0.849. The Bertz CT molecular complexity index is 1040. The van der Waals surface area contributed by atoms with Gasteiger partial charge in [-0.25, -0.2) is 13.6 Å². The fraction of sp³-hybridized carbons (Fsp3) is 0.731. The number of thiol groups is 1. The fourth-order valence-electron chi connectivity index (χ4n) is 8.23. The number of esters is 1. The number of carbonyl (C=O) groups excluding carboxylic acids is 3. The van der Waals surface area contributed by atoms with Crippen molar-refractivity contribution in [2.75, 3.05) is 6.61 Å². The van der Waals surface area contributed by atoms with E-state index in [4.69, 9.17) is 9.47 Å². The SMILES string of the molecule is CC1C[C@H]2[C@@H]3CC(F)C4=CC(=O)C=C[C@]4(C)C3(F)C(O)C[C@]2(C)C1(OC(=O)[C@@H]1CCCO1)C(=O)S. The molecule has 0 bridgehead atoms. The van der Waals surface area contributed by atoms with E-state index in [9.17, 15) is 19.5 Å². The van der Waals surface area contributed by atoms with E-state index in [0.717, 1.165) is 6.08 Å². The summed E-state index contributed by atoms with van der Waals surface area (Å²) in [5.74, 6) is -3.14. The monoisotopic (exact) mass is 510 g/mol. The minimum atomic E-state index is -2.27. The van der Waals surface area contributed by atoms with E-state index in [1.54, 1.807) is 13.8 Å². The van der Waals surface area contributed by atoms with Gasteiger partial charge in [-0.2, -0.15) is 0 Å². The number of ether oxygens (including phenoxy) is 2. The molecule has 0 spiro atoms. The molecule has 5 aliphatic rings.